The molecule has 0 bridgehead atoms. The zero-order valence-electron chi connectivity index (χ0n) is 31.4. The lowest BCUT2D eigenvalue weighted by Gasteiger charge is -2.34. The number of hydrogen-bond donors (Lipinski definition) is 4. The van der Waals surface area contributed by atoms with Crippen LogP contribution in [0.2, 0.25) is 38.3 Å². The van der Waals surface area contributed by atoms with Gasteiger partial charge in [0.1, 0.15) is 0 Å². The van der Waals surface area contributed by atoms with E-state index in [-0.39, 0.29) is 102 Å². The fourth-order valence-electron chi connectivity index (χ4n) is 5.48. The van der Waals surface area contributed by atoms with E-state index in [0.29, 0.717) is 13.1 Å². The summed E-state index contributed by atoms with van der Waals surface area (Å²) in [5.74, 6) is -2.51. The molecule has 0 unspecified atom stereocenters. The van der Waals surface area contributed by atoms with Gasteiger partial charge in [-0.1, -0.05) is 0 Å². The van der Waals surface area contributed by atoms with Crippen molar-refractivity contribution >= 4 is 63.9 Å². The predicted octanol–water partition coefficient (Wildman–Crippen LogP) is 0.102. The second-order valence-electron chi connectivity index (χ2n) is 13.8. The molecular formula is C34H56N6O11Si2. The highest BCUT2D eigenvalue weighted by atomic mass is 28.4. The van der Waals surface area contributed by atoms with Gasteiger partial charge in [0.15, 0.2) is 16.6 Å². The molecule has 19 heteroatoms. The van der Waals surface area contributed by atoms with Crippen LogP contribution in [0.25, 0.3) is 0 Å². The Morgan fingerprint density at radius 2 is 0.830 bits per heavy atom. The molecule has 0 aromatic heterocycles. The molecule has 0 aromatic rings. The van der Waals surface area contributed by atoms with E-state index < -0.39 is 40.3 Å². The Morgan fingerprint density at radius 1 is 0.509 bits per heavy atom. The quantitative estimate of drug-likeness (QED) is 0.0474. The maximum absolute atomic E-state index is 12.2. The number of carbonyl (C=O) groups excluding carboxylic acids is 8. The summed E-state index contributed by atoms with van der Waals surface area (Å²) in [6.45, 7) is 11.3. The Kier molecular flexibility index (Phi) is 20.1. The lowest BCUT2D eigenvalue weighted by atomic mass is 10.3. The van der Waals surface area contributed by atoms with Gasteiger partial charge >= 0.3 is 0 Å². The third kappa shape index (κ3) is 19.6. The molecule has 53 heavy (non-hydrogen) atoms. The van der Waals surface area contributed by atoms with Crippen LogP contribution in [0.15, 0.2) is 24.3 Å². The first-order valence-electron chi connectivity index (χ1n) is 18.1. The number of ether oxygens (including phenoxy) is 2. The highest BCUT2D eigenvalue weighted by molar-refractivity contribution is 6.84. The number of hydrogen-bond acceptors (Lipinski definition) is 11. The van der Waals surface area contributed by atoms with E-state index in [1.807, 2.05) is 0 Å². The molecule has 0 aromatic carbocycles. The molecule has 296 valence electrons. The number of imide groups is 2. The average Bonchev–Trinajstić information content (AvgIpc) is 3.59. The molecule has 2 heterocycles. The zero-order chi connectivity index (χ0) is 39.3. The van der Waals surface area contributed by atoms with Crippen molar-refractivity contribution in [2.45, 2.75) is 76.8 Å². The van der Waals surface area contributed by atoms with Gasteiger partial charge in [-0.25, -0.2) is 0 Å². The number of nitrogens with one attached hydrogen (secondary N) is 4. The van der Waals surface area contributed by atoms with Crippen molar-refractivity contribution in [3.8, 4) is 0 Å². The maximum atomic E-state index is 12.2. The van der Waals surface area contributed by atoms with Crippen LogP contribution in [-0.4, -0.2) is 139 Å². The number of nitrogens with zero attached hydrogens (tertiary/aromatic N) is 2. The lowest BCUT2D eigenvalue weighted by Crippen LogP contribution is -2.45. The Bertz CT molecular complexity index is 1240. The smallest absolute Gasteiger partial charge is 0.253 e. The summed E-state index contributed by atoms with van der Waals surface area (Å²) >= 11 is 0. The first-order chi connectivity index (χ1) is 25.1. The third-order valence-corrected chi connectivity index (χ3v) is 15.7. The van der Waals surface area contributed by atoms with Crippen molar-refractivity contribution in [1.29, 1.82) is 0 Å². The Balaban J connectivity index is 1.41. The van der Waals surface area contributed by atoms with Crippen LogP contribution in [0, 0.1) is 0 Å². The van der Waals surface area contributed by atoms with Gasteiger partial charge in [0, 0.05) is 89.3 Å². The topological polar surface area (TPSA) is 219 Å². The van der Waals surface area contributed by atoms with Gasteiger partial charge < -0.3 is 34.9 Å². The molecule has 2 aliphatic rings. The SMILES string of the molecule is C[Si](C)(CCCNC(=O)CCOCCNC(=O)CCN1C(=O)C=CC1=O)O[Si](C)(C)CCCNC(=O)CCOCCNC(=O)CCN1C(=O)C=CC1=O. The fourth-order valence-corrected chi connectivity index (χ4v) is 14.3. The fraction of sp³-hybridized carbons (Fsp3) is 0.647. The van der Waals surface area contributed by atoms with Gasteiger partial charge in [0.25, 0.3) is 23.6 Å². The minimum absolute atomic E-state index is 0.00987. The van der Waals surface area contributed by atoms with Crippen LogP contribution in [0.1, 0.15) is 38.5 Å². The van der Waals surface area contributed by atoms with E-state index in [9.17, 15) is 38.4 Å². The zero-order valence-corrected chi connectivity index (χ0v) is 33.4. The van der Waals surface area contributed by atoms with Crippen LogP contribution >= 0.6 is 0 Å². The van der Waals surface area contributed by atoms with Crippen molar-refractivity contribution in [2.75, 3.05) is 65.7 Å². The molecule has 0 saturated heterocycles. The van der Waals surface area contributed by atoms with E-state index in [4.69, 9.17) is 13.6 Å². The van der Waals surface area contributed by atoms with Crippen molar-refractivity contribution in [3.05, 3.63) is 24.3 Å². The summed E-state index contributed by atoms with van der Waals surface area (Å²) in [7, 11) is -3.93. The molecule has 0 spiro atoms. The van der Waals surface area contributed by atoms with Crippen molar-refractivity contribution in [2.24, 2.45) is 0 Å². The molecule has 8 amide bonds. The van der Waals surface area contributed by atoms with Gasteiger partial charge in [0.05, 0.1) is 26.4 Å². The molecular weight excluding hydrogens is 725 g/mol. The van der Waals surface area contributed by atoms with E-state index in [1.165, 1.54) is 24.3 Å². The molecule has 0 atom stereocenters. The summed E-state index contributed by atoms with van der Waals surface area (Å²) in [6, 6.07) is 1.80. The summed E-state index contributed by atoms with van der Waals surface area (Å²) in [5, 5.41) is 11.1. The Morgan fingerprint density at radius 3 is 1.19 bits per heavy atom. The third-order valence-electron chi connectivity index (χ3n) is 8.12. The first-order valence-corrected chi connectivity index (χ1v) is 24.3. The molecule has 0 fully saturated rings. The molecule has 4 N–H and O–H groups in total. The average molecular weight is 781 g/mol. The number of carbonyl (C=O) groups is 8. The van der Waals surface area contributed by atoms with Gasteiger partial charge in [-0.15, -0.1) is 0 Å². The summed E-state index contributed by atoms with van der Waals surface area (Å²) in [5.41, 5.74) is 0. The van der Waals surface area contributed by atoms with E-state index >= 15 is 0 Å². The van der Waals surface area contributed by atoms with Crippen LogP contribution in [0.4, 0.5) is 0 Å². The van der Waals surface area contributed by atoms with Crippen LogP contribution < -0.4 is 21.3 Å². The summed E-state index contributed by atoms with van der Waals surface area (Å²) < 4.78 is 17.5. The predicted molar refractivity (Wildman–Crippen MR) is 199 cm³/mol. The molecule has 2 rings (SSSR count). The monoisotopic (exact) mass is 780 g/mol. The minimum atomic E-state index is -1.97. The maximum Gasteiger partial charge on any atom is 0.253 e. The number of amides is 8. The summed E-state index contributed by atoms with van der Waals surface area (Å²) in [4.78, 5) is 96.2. The van der Waals surface area contributed by atoms with Crippen LogP contribution in [-0.2, 0) is 51.9 Å². The lowest BCUT2D eigenvalue weighted by molar-refractivity contribution is -0.139. The molecule has 17 nitrogen and oxygen atoms in total. The Hall–Kier alpha value is -4.05. The molecule has 0 aliphatic carbocycles. The van der Waals surface area contributed by atoms with E-state index in [2.05, 4.69) is 47.5 Å². The minimum Gasteiger partial charge on any atom is -0.455 e. The van der Waals surface area contributed by atoms with Crippen LogP contribution in [0.3, 0.4) is 0 Å². The molecule has 0 radical (unpaired) electrons. The summed E-state index contributed by atoms with van der Waals surface area (Å²) in [6.07, 6.45) is 6.74. The van der Waals surface area contributed by atoms with Crippen molar-refractivity contribution < 1.29 is 51.9 Å². The number of rotatable bonds is 28. The normalized spacial score (nSPS) is 14.3. The standard InChI is InChI=1S/C34H56N6O11Si2/c1-52(2,25-5-15-35-29(43)13-21-49-23-17-37-27(41)11-19-39-31(45)7-8-32(39)46)51-53(3,4)26-6-16-36-30(44)14-22-50-24-18-38-28(42)12-20-40-33(47)9-10-34(40)48/h7-10H,5-6,11-26H2,1-4H3,(H,35,43)(H,36,44)(H,37,41)(H,38,42). The van der Waals surface area contributed by atoms with Gasteiger partial charge in [-0.3, -0.25) is 48.2 Å². The van der Waals surface area contributed by atoms with E-state index in [0.717, 1.165) is 34.7 Å². The van der Waals surface area contributed by atoms with Gasteiger partial charge in [-0.05, 0) is 51.1 Å². The Labute approximate surface area is 313 Å². The van der Waals surface area contributed by atoms with Crippen LogP contribution in [0.5, 0.6) is 0 Å². The second kappa shape index (κ2) is 23.6. The van der Waals surface area contributed by atoms with E-state index in [1.54, 1.807) is 0 Å². The van der Waals surface area contributed by atoms with Gasteiger partial charge in [-0.2, -0.15) is 0 Å². The largest absolute Gasteiger partial charge is 0.455 e. The molecule has 0 saturated carbocycles. The molecule has 2 aliphatic heterocycles. The first kappa shape index (κ1) is 45.1. The highest BCUT2D eigenvalue weighted by Crippen LogP contribution is 2.23. The second-order valence-corrected chi connectivity index (χ2v) is 22.6. The van der Waals surface area contributed by atoms with Gasteiger partial charge in [0.2, 0.25) is 23.6 Å². The van der Waals surface area contributed by atoms with Crippen molar-refractivity contribution in [3.63, 3.8) is 0 Å². The highest BCUT2D eigenvalue weighted by Gasteiger charge is 2.32. The van der Waals surface area contributed by atoms with Crippen molar-refractivity contribution in [1.82, 2.24) is 31.1 Å².